The van der Waals surface area contributed by atoms with Crippen LogP contribution >= 0.6 is 22.7 Å². The molecule has 0 radical (unpaired) electrons. The maximum absolute atomic E-state index is 13.5. The van der Waals surface area contributed by atoms with Crippen molar-refractivity contribution in [3.05, 3.63) is 82.3 Å². The summed E-state index contributed by atoms with van der Waals surface area (Å²) in [5.41, 5.74) is 7.32. The van der Waals surface area contributed by atoms with Gasteiger partial charge in [0.15, 0.2) is 0 Å². The fourth-order valence-electron chi connectivity index (χ4n) is 5.94. The van der Waals surface area contributed by atoms with Gasteiger partial charge in [-0.15, -0.1) is 22.7 Å². The Hall–Kier alpha value is -4.34. The van der Waals surface area contributed by atoms with Gasteiger partial charge in [0.1, 0.15) is 11.4 Å². The Bertz CT molecular complexity index is 2000. The number of fused-ring (bicyclic) bond motifs is 2. The van der Waals surface area contributed by atoms with Gasteiger partial charge >= 0.3 is 5.97 Å². The van der Waals surface area contributed by atoms with Crippen LogP contribution in [0.5, 0.6) is 0 Å². The summed E-state index contributed by atoms with van der Waals surface area (Å²) >= 11 is 2.91. The SMILES string of the molecule is Cc1nc(C)c(-c2ccc3cc(-c4c(-c5ccccc5)c5sc(C(=O)O)cc5n4CC(=O)N4CCCC4)ccc3n2)s1. The molecule has 4 aromatic heterocycles. The van der Waals surface area contributed by atoms with E-state index in [1.54, 1.807) is 17.4 Å². The summed E-state index contributed by atoms with van der Waals surface area (Å²) < 4.78 is 2.89. The van der Waals surface area contributed by atoms with Crippen LogP contribution in [-0.2, 0) is 11.3 Å². The van der Waals surface area contributed by atoms with Crippen LogP contribution in [0, 0.1) is 13.8 Å². The molecule has 7 nitrogen and oxygen atoms in total. The topological polar surface area (TPSA) is 88.3 Å². The average Bonchev–Trinajstić information content (AvgIpc) is 3.78. The highest BCUT2D eigenvalue weighted by molar-refractivity contribution is 7.21. The number of rotatable bonds is 6. The summed E-state index contributed by atoms with van der Waals surface area (Å²) in [5.74, 6) is -0.913. The lowest BCUT2D eigenvalue weighted by Crippen LogP contribution is -2.31. The number of nitrogens with zero attached hydrogens (tertiary/aromatic N) is 4. The number of thiophene rings is 1. The summed E-state index contributed by atoms with van der Waals surface area (Å²) in [6.07, 6.45) is 2.02. The number of carboxylic acid groups (broad SMARTS) is 1. The van der Waals surface area contributed by atoms with Crippen LogP contribution in [0.15, 0.2) is 66.7 Å². The van der Waals surface area contributed by atoms with Gasteiger partial charge in [0.05, 0.1) is 42.7 Å². The fourth-order valence-corrected chi connectivity index (χ4v) is 7.89. The number of aromatic carboxylic acids is 1. The van der Waals surface area contributed by atoms with Crippen molar-refractivity contribution < 1.29 is 14.7 Å². The Morgan fingerprint density at radius 1 is 0.905 bits per heavy atom. The molecule has 0 unspecified atom stereocenters. The van der Waals surface area contributed by atoms with Gasteiger partial charge in [0.2, 0.25) is 5.91 Å². The standard InChI is InChI=1S/C33H28N4O3S2/c1-19-31(41-20(2)34-19)25-13-10-22-16-23(11-12-24(22)35-25)30-29(21-8-4-3-5-9-21)32-26(17-27(42-32)33(39)40)37(30)18-28(38)36-14-6-7-15-36/h3-5,8-13,16-17H,6-7,14-15,18H2,1-2H3,(H,39,40). The Balaban J connectivity index is 1.43. The Morgan fingerprint density at radius 3 is 2.40 bits per heavy atom. The fraction of sp³-hybridized carbons (Fsp3) is 0.212. The first-order valence-corrected chi connectivity index (χ1v) is 15.6. The molecule has 0 atom stereocenters. The average molecular weight is 593 g/mol. The third kappa shape index (κ3) is 4.59. The summed E-state index contributed by atoms with van der Waals surface area (Å²) in [4.78, 5) is 38.3. The molecular weight excluding hydrogens is 565 g/mol. The molecule has 210 valence electrons. The molecule has 1 aliphatic heterocycles. The van der Waals surface area contributed by atoms with Crippen LogP contribution in [0.4, 0.5) is 0 Å². The number of thiazole rings is 1. The van der Waals surface area contributed by atoms with Crippen molar-refractivity contribution in [1.29, 1.82) is 0 Å². The second-order valence-electron chi connectivity index (χ2n) is 10.6. The largest absolute Gasteiger partial charge is 0.477 e. The molecule has 1 aliphatic rings. The lowest BCUT2D eigenvalue weighted by Gasteiger charge is -2.18. The molecule has 7 rings (SSSR count). The van der Waals surface area contributed by atoms with Crippen LogP contribution in [0.2, 0.25) is 0 Å². The first kappa shape index (κ1) is 26.6. The predicted molar refractivity (Wildman–Crippen MR) is 169 cm³/mol. The first-order chi connectivity index (χ1) is 20.4. The van der Waals surface area contributed by atoms with E-state index in [0.717, 1.165) is 90.7 Å². The number of carbonyl (C=O) groups is 2. The van der Waals surface area contributed by atoms with Crippen LogP contribution in [0.1, 0.15) is 33.2 Å². The van der Waals surface area contributed by atoms with Crippen molar-refractivity contribution in [1.82, 2.24) is 19.4 Å². The van der Waals surface area contributed by atoms with E-state index in [-0.39, 0.29) is 17.3 Å². The lowest BCUT2D eigenvalue weighted by molar-refractivity contribution is -0.130. The first-order valence-electron chi connectivity index (χ1n) is 14.0. The molecule has 2 aromatic carbocycles. The number of carboxylic acids is 1. The smallest absolute Gasteiger partial charge is 0.345 e. The molecule has 1 amide bonds. The van der Waals surface area contributed by atoms with E-state index in [1.165, 1.54) is 11.3 Å². The predicted octanol–water partition coefficient (Wildman–Crippen LogP) is 7.65. The van der Waals surface area contributed by atoms with Crippen LogP contribution in [-0.4, -0.2) is 49.5 Å². The van der Waals surface area contributed by atoms with E-state index in [1.807, 2.05) is 65.8 Å². The number of likely N-dealkylation sites (tertiary alicyclic amines) is 1. The molecule has 0 bridgehead atoms. The van der Waals surface area contributed by atoms with E-state index in [0.29, 0.717) is 0 Å². The normalized spacial score (nSPS) is 13.4. The minimum atomic E-state index is -0.965. The van der Waals surface area contributed by atoms with Crippen molar-refractivity contribution in [2.75, 3.05) is 13.1 Å². The van der Waals surface area contributed by atoms with Crippen molar-refractivity contribution in [2.45, 2.75) is 33.2 Å². The summed E-state index contributed by atoms with van der Waals surface area (Å²) in [6.45, 7) is 5.69. The Kier molecular flexibility index (Phi) is 6.63. The van der Waals surface area contributed by atoms with E-state index in [4.69, 9.17) is 4.98 Å². The zero-order valence-corrected chi connectivity index (χ0v) is 24.9. The van der Waals surface area contributed by atoms with Gasteiger partial charge in [-0.3, -0.25) is 4.79 Å². The second kappa shape index (κ2) is 10.5. The minimum Gasteiger partial charge on any atom is -0.477 e. The molecule has 5 heterocycles. The van der Waals surface area contributed by atoms with Gasteiger partial charge in [0, 0.05) is 24.0 Å². The molecule has 0 aliphatic carbocycles. The number of amides is 1. The van der Waals surface area contributed by atoms with E-state index < -0.39 is 5.97 Å². The number of carbonyl (C=O) groups excluding carboxylic acids is 1. The van der Waals surface area contributed by atoms with Crippen molar-refractivity contribution in [2.24, 2.45) is 0 Å². The molecule has 9 heteroatoms. The highest BCUT2D eigenvalue weighted by Gasteiger charge is 2.27. The maximum atomic E-state index is 13.5. The van der Waals surface area contributed by atoms with E-state index in [9.17, 15) is 14.7 Å². The maximum Gasteiger partial charge on any atom is 0.345 e. The van der Waals surface area contributed by atoms with Gasteiger partial charge in [-0.1, -0.05) is 42.5 Å². The second-order valence-corrected chi connectivity index (χ2v) is 12.9. The zero-order valence-electron chi connectivity index (χ0n) is 23.3. The molecule has 1 fully saturated rings. The van der Waals surface area contributed by atoms with Crippen LogP contribution in [0.3, 0.4) is 0 Å². The molecule has 0 spiro atoms. The quantitative estimate of drug-likeness (QED) is 0.215. The van der Waals surface area contributed by atoms with Crippen LogP contribution in [0.25, 0.3) is 54.1 Å². The molecule has 1 N–H and O–H groups in total. The lowest BCUT2D eigenvalue weighted by atomic mass is 10.00. The third-order valence-electron chi connectivity index (χ3n) is 7.86. The van der Waals surface area contributed by atoms with Gasteiger partial charge in [-0.25, -0.2) is 14.8 Å². The Labute approximate surface area is 250 Å². The molecule has 0 saturated carbocycles. The summed E-state index contributed by atoms with van der Waals surface area (Å²) in [5, 5.41) is 11.9. The van der Waals surface area contributed by atoms with Gasteiger partial charge < -0.3 is 14.6 Å². The zero-order chi connectivity index (χ0) is 29.0. The number of aromatic nitrogens is 3. The highest BCUT2D eigenvalue weighted by atomic mass is 32.1. The number of aryl methyl sites for hydroxylation is 2. The highest BCUT2D eigenvalue weighted by Crippen LogP contribution is 2.45. The molecule has 6 aromatic rings. The summed E-state index contributed by atoms with van der Waals surface area (Å²) in [6, 6.07) is 22.1. The van der Waals surface area contributed by atoms with Crippen LogP contribution < -0.4 is 0 Å². The molecular formula is C33H28N4O3S2. The third-order valence-corrected chi connectivity index (χ3v) is 10.1. The number of hydrogen-bond acceptors (Lipinski definition) is 6. The van der Waals surface area contributed by atoms with Crippen molar-refractivity contribution in [3.8, 4) is 33.0 Å². The number of hydrogen-bond donors (Lipinski definition) is 1. The number of benzene rings is 2. The monoisotopic (exact) mass is 592 g/mol. The Morgan fingerprint density at radius 2 is 1.69 bits per heavy atom. The summed E-state index contributed by atoms with van der Waals surface area (Å²) in [7, 11) is 0. The van der Waals surface area contributed by atoms with E-state index in [2.05, 4.69) is 23.2 Å². The van der Waals surface area contributed by atoms with Gasteiger partial charge in [-0.05, 0) is 62.1 Å². The molecule has 42 heavy (non-hydrogen) atoms. The van der Waals surface area contributed by atoms with Crippen molar-refractivity contribution >= 4 is 55.7 Å². The minimum absolute atomic E-state index is 0.0515. The molecule has 1 saturated heterocycles. The van der Waals surface area contributed by atoms with Gasteiger partial charge in [-0.2, -0.15) is 0 Å². The van der Waals surface area contributed by atoms with Crippen molar-refractivity contribution in [3.63, 3.8) is 0 Å². The number of pyridine rings is 1. The van der Waals surface area contributed by atoms with Gasteiger partial charge in [0.25, 0.3) is 0 Å². The van der Waals surface area contributed by atoms with E-state index >= 15 is 0 Å².